The molecule has 2 aromatic rings. The Labute approximate surface area is 131 Å². The van der Waals surface area contributed by atoms with Crippen molar-refractivity contribution in [3.8, 4) is 0 Å². The van der Waals surface area contributed by atoms with Crippen LogP contribution in [0.15, 0.2) is 52.9 Å². The molecule has 0 fully saturated rings. The molecule has 0 amide bonds. The normalized spacial score (nSPS) is 15.9. The molecule has 3 rings (SSSR count). The van der Waals surface area contributed by atoms with E-state index < -0.39 is 0 Å². The van der Waals surface area contributed by atoms with Crippen LogP contribution in [0, 0.1) is 20.8 Å². The van der Waals surface area contributed by atoms with Crippen LogP contribution >= 0.6 is 0 Å². The summed E-state index contributed by atoms with van der Waals surface area (Å²) < 4.78 is 5.48. The minimum absolute atomic E-state index is 0.794. The molecule has 2 heterocycles. The molecule has 0 radical (unpaired) electrons. The van der Waals surface area contributed by atoms with Gasteiger partial charge in [-0.05, 0) is 38.5 Å². The summed E-state index contributed by atoms with van der Waals surface area (Å²) in [5, 5.41) is 0. The van der Waals surface area contributed by atoms with Gasteiger partial charge < -0.3 is 9.72 Å². The average molecular weight is 292 g/mol. The molecule has 3 nitrogen and oxygen atoms in total. The van der Waals surface area contributed by atoms with Crippen LogP contribution in [0.3, 0.4) is 0 Å². The van der Waals surface area contributed by atoms with Gasteiger partial charge in [0.1, 0.15) is 11.5 Å². The summed E-state index contributed by atoms with van der Waals surface area (Å²) in [6.07, 6.45) is 4.03. The molecule has 1 aliphatic heterocycles. The molecule has 112 valence electrons. The predicted octanol–water partition coefficient (Wildman–Crippen LogP) is 4.31. The minimum atomic E-state index is 0.794. The van der Waals surface area contributed by atoms with E-state index in [2.05, 4.69) is 56.1 Å². The number of ether oxygens (including phenoxy) is 1. The van der Waals surface area contributed by atoms with Crippen molar-refractivity contribution >= 4 is 11.8 Å². The van der Waals surface area contributed by atoms with E-state index in [0.29, 0.717) is 0 Å². The molecule has 0 atom stereocenters. The number of aliphatic imine (C=N–C) groups is 1. The second kappa shape index (κ2) is 5.68. The van der Waals surface area contributed by atoms with Crippen molar-refractivity contribution in [2.75, 3.05) is 7.11 Å². The molecule has 0 spiro atoms. The molecular weight excluding hydrogens is 272 g/mol. The van der Waals surface area contributed by atoms with Gasteiger partial charge in [-0.1, -0.05) is 29.8 Å². The fourth-order valence-corrected chi connectivity index (χ4v) is 2.59. The van der Waals surface area contributed by atoms with Crippen molar-refractivity contribution < 1.29 is 4.74 Å². The van der Waals surface area contributed by atoms with Crippen LogP contribution in [-0.2, 0) is 4.74 Å². The number of H-pyrrole nitrogens is 1. The Hall–Kier alpha value is -2.55. The highest BCUT2D eigenvalue weighted by Crippen LogP contribution is 2.26. The van der Waals surface area contributed by atoms with Crippen molar-refractivity contribution in [1.82, 2.24) is 4.98 Å². The van der Waals surface area contributed by atoms with E-state index in [9.17, 15) is 0 Å². The van der Waals surface area contributed by atoms with E-state index in [1.54, 1.807) is 7.11 Å². The zero-order valence-corrected chi connectivity index (χ0v) is 13.4. The second-order valence-electron chi connectivity index (χ2n) is 5.65. The van der Waals surface area contributed by atoms with Gasteiger partial charge in [0.15, 0.2) is 0 Å². The number of nitrogens with one attached hydrogen (secondary N) is 1. The van der Waals surface area contributed by atoms with Crippen LogP contribution in [0.4, 0.5) is 0 Å². The monoisotopic (exact) mass is 292 g/mol. The summed E-state index contributed by atoms with van der Waals surface area (Å²) >= 11 is 0. The first kappa shape index (κ1) is 14.4. The number of rotatable bonds is 3. The minimum Gasteiger partial charge on any atom is -0.494 e. The lowest BCUT2D eigenvalue weighted by Gasteiger charge is -2.01. The van der Waals surface area contributed by atoms with Crippen LogP contribution in [0.1, 0.15) is 28.1 Å². The van der Waals surface area contributed by atoms with E-state index in [0.717, 1.165) is 34.1 Å². The third-order valence-electron chi connectivity index (χ3n) is 3.80. The molecule has 1 N–H and O–H groups in total. The zero-order chi connectivity index (χ0) is 15.7. The number of hydrogen-bond acceptors (Lipinski definition) is 2. The van der Waals surface area contributed by atoms with Gasteiger partial charge in [-0.25, -0.2) is 4.99 Å². The van der Waals surface area contributed by atoms with Gasteiger partial charge in [-0.15, -0.1) is 0 Å². The van der Waals surface area contributed by atoms with Crippen molar-refractivity contribution in [2.45, 2.75) is 20.8 Å². The third-order valence-corrected chi connectivity index (χ3v) is 3.80. The number of hydrogen-bond donors (Lipinski definition) is 1. The van der Waals surface area contributed by atoms with E-state index in [-0.39, 0.29) is 0 Å². The first-order chi connectivity index (χ1) is 10.6. The molecule has 0 unspecified atom stereocenters. The van der Waals surface area contributed by atoms with Crippen LogP contribution in [0.2, 0.25) is 0 Å². The van der Waals surface area contributed by atoms with Crippen molar-refractivity contribution in [1.29, 1.82) is 0 Å². The predicted molar refractivity (Wildman–Crippen MR) is 91.1 cm³/mol. The molecule has 0 aliphatic carbocycles. The first-order valence-electron chi connectivity index (χ1n) is 7.36. The van der Waals surface area contributed by atoms with E-state index in [1.807, 2.05) is 12.2 Å². The highest BCUT2D eigenvalue weighted by Gasteiger charge is 2.17. The van der Waals surface area contributed by atoms with Crippen LogP contribution in [0.25, 0.3) is 6.08 Å². The summed E-state index contributed by atoms with van der Waals surface area (Å²) in [7, 11) is 1.68. The average Bonchev–Trinajstić information content (AvgIpc) is 3.03. The lowest BCUT2D eigenvalue weighted by atomic mass is 10.1. The zero-order valence-electron chi connectivity index (χ0n) is 13.4. The maximum atomic E-state index is 5.48. The number of aryl methyl sites for hydroxylation is 3. The van der Waals surface area contributed by atoms with Crippen LogP contribution < -0.4 is 0 Å². The van der Waals surface area contributed by atoms with Gasteiger partial charge in [0.2, 0.25) is 0 Å². The Bertz CT molecular complexity index is 789. The summed E-state index contributed by atoms with van der Waals surface area (Å²) in [5.41, 5.74) is 7.55. The number of benzene rings is 1. The fourth-order valence-electron chi connectivity index (χ4n) is 2.59. The lowest BCUT2D eigenvalue weighted by molar-refractivity contribution is 0.303. The Balaban J connectivity index is 2.00. The van der Waals surface area contributed by atoms with Crippen molar-refractivity contribution in [3.05, 3.63) is 75.9 Å². The molecule has 22 heavy (non-hydrogen) atoms. The summed E-state index contributed by atoms with van der Waals surface area (Å²) in [4.78, 5) is 8.08. The quantitative estimate of drug-likeness (QED) is 0.899. The smallest absolute Gasteiger partial charge is 0.146 e. The van der Waals surface area contributed by atoms with Crippen molar-refractivity contribution in [3.63, 3.8) is 0 Å². The van der Waals surface area contributed by atoms with Gasteiger partial charge in [0.05, 0.1) is 12.8 Å². The maximum Gasteiger partial charge on any atom is 0.146 e. The highest BCUT2D eigenvalue weighted by atomic mass is 16.5. The summed E-state index contributed by atoms with van der Waals surface area (Å²) in [6, 6.07) is 10.5. The third kappa shape index (κ3) is 2.75. The molecule has 1 aromatic carbocycles. The van der Waals surface area contributed by atoms with Crippen LogP contribution in [0.5, 0.6) is 0 Å². The number of nitrogens with zero attached hydrogens (tertiary/aromatic N) is 1. The number of allylic oxidation sites excluding steroid dienone is 1. The van der Waals surface area contributed by atoms with Crippen LogP contribution in [-0.4, -0.2) is 17.8 Å². The molecular formula is C19H20N2O. The lowest BCUT2D eigenvalue weighted by Crippen LogP contribution is -1.93. The SMILES string of the molecule is COC1=CC(c2ccc(C)cc2)=N/C1=C\c1[nH]c(C)cc1C. The van der Waals surface area contributed by atoms with Gasteiger partial charge in [0.25, 0.3) is 0 Å². The van der Waals surface area contributed by atoms with E-state index in [1.165, 1.54) is 11.1 Å². The highest BCUT2D eigenvalue weighted by molar-refractivity contribution is 6.12. The Morgan fingerprint density at radius 1 is 1.09 bits per heavy atom. The Morgan fingerprint density at radius 3 is 2.41 bits per heavy atom. The van der Waals surface area contributed by atoms with E-state index in [4.69, 9.17) is 9.73 Å². The molecule has 1 aliphatic rings. The van der Waals surface area contributed by atoms with Gasteiger partial charge in [0, 0.05) is 23.0 Å². The molecule has 0 bridgehead atoms. The first-order valence-corrected chi connectivity index (χ1v) is 7.36. The van der Waals surface area contributed by atoms with Gasteiger partial charge >= 0.3 is 0 Å². The van der Waals surface area contributed by atoms with Gasteiger partial charge in [-0.2, -0.15) is 0 Å². The number of aromatic nitrogens is 1. The fraction of sp³-hybridized carbons (Fsp3) is 0.211. The Morgan fingerprint density at radius 2 is 1.82 bits per heavy atom. The standard InChI is InChI=1S/C19H20N2O/c1-12-5-7-15(8-6-12)17-11-19(22-4)18(21-17)10-16-13(2)9-14(3)20-16/h5-11,20H,1-4H3/b18-10-. The second-order valence-corrected chi connectivity index (χ2v) is 5.65. The molecule has 0 saturated heterocycles. The summed E-state index contributed by atoms with van der Waals surface area (Å²) in [6.45, 7) is 6.22. The number of methoxy groups -OCH3 is 1. The molecule has 0 saturated carbocycles. The van der Waals surface area contributed by atoms with Crippen molar-refractivity contribution in [2.24, 2.45) is 4.99 Å². The topological polar surface area (TPSA) is 37.4 Å². The molecule has 1 aromatic heterocycles. The van der Waals surface area contributed by atoms with Gasteiger partial charge in [-0.3, -0.25) is 0 Å². The Kier molecular flexibility index (Phi) is 3.72. The molecule has 3 heteroatoms. The largest absolute Gasteiger partial charge is 0.494 e. The number of aromatic amines is 1. The van der Waals surface area contributed by atoms with E-state index >= 15 is 0 Å². The maximum absolute atomic E-state index is 5.48. The summed E-state index contributed by atoms with van der Waals surface area (Å²) in [5.74, 6) is 0.794.